The highest BCUT2D eigenvalue weighted by Gasteiger charge is 2.23. The van der Waals surface area contributed by atoms with Gasteiger partial charge >= 0.3 is 0 Å². The molecule has 0 spiro atoms. The van der Waals surface area contributed by atoms with Crippen LogP contribution in [-0.2, 0) is 4.74 Å². The molecule has 1 fully saturated rings. The van der Waals surface area contributed by atoms with E-state index >= 15 is 0 Å². The van der Waals surface area contributed by atoms with E-state index in [1.54, 1.807) is 6.92 Å². The third-order valence-corrected chi connectivity index (χ3v) is 2.05. The summed E-state index contributed by atoms with van der Waals surface area (Å²) in [6, 6.07) is 0.435. The average molecular weight is 159 g/mol. The summed E-state index contributed by atoms with van der Waals surface area (Å²) in [5.41, 5.74) is 0. The summed E-state index contributed by atoms with van der Waals surface area (Å²) in [6.07, 6.45) is 1.10. The summed E-state index contributed by atoms with van der Waals surface area (Å²) in [5, 5.41) is 12.3. The van der Waals surface area contributed by atoms with E-state index in [0.717, 1.165) is 13.0 Å². The van der Waals surface area contributed by atoms with Gasteiger partial charge in [-0.3, -0.25) is 0 Å². The lowest BCUT2D eigenvalue weighted by molar-refractivity contribution is 0.108. The molecule has 3 atom stereocenters. The van der Waals surface area contributed by atoms with E-state index in [-0.39, 0.29) is 6.10 Å². The minimum Gasteiger partial charge on any atom is -0.392 e. The minimum absolute atomic E-state index is 0.261. The quantitative estimate of drug-likeness (QED) is 0.615. The van der Waals surface area contributed by atoms with Crippen molar-refractivity contribution in [1.82, 2.24) is 5.32 Å². The molecule has 1 aliphatic rings. The monoisotopic (exact) mass is 159 g/mol. The highest BCUT2D eigenvalue weighted by molar-refractivity contribution is 4.79. The Morgan fingerprint density at radius 2 is 2.45 bits per heavy atom. The van der Waals surface area contributed by atoms with Gasteiger partial charge in [0.25, 0.3) is 0 Å². The van der Waals surface area contributed by atoms with Gasteiger partial charge in [0.15, 0.2) is 0 Å². The van der Waals surface area contributed by atoms with Crippen molar-refractivity contribution in [3.63, 3.8) is 0 Å². The Bertz CT molecular complexity index is 117. The van der Waals surface area contributed by atoms with Gasteiger partial charge in [-0.25, -0.2) is 0 Å². The van der Waals surface area contributed by atoms with Crippen LogP contribution < -0.4 is 5.32 Å². The normalized spacial score (nSPS) is 34.1. The summed E-state index contributed by atoms with van der Waals surface area (Å²) >= 11 is 0. The second-order valence-corrected chi connectivity index (χ2v) is 3.23. The molecule has 1 heterocycles. The maximum atomic E-state index is 9.00. The molecule has 0 radical (unpaired) electrons. The van der Waals surface area contributed by atoms with Gasteiger partial charge in [0.1, 0.15) is 0 Å². The first kappa shape index (κ1) is 8.97. The molecule has 0 aromatic carbocycles. The predicted molar refractivity (Wildman–Crippen MR) is 43.5 cm³/mol. The molecule has 1 rings (SSSR count). The van der Waals surface area contributed by atoms with Crippen molar-refractivity contribution < 1.29 is 9.84 Å². The number of hydrogen-bond donors (Lipinski definition) is 2. The van der Waals surface area contributed by atoms with Crippen LogP contribution in [0.3, 0.4) is 0 Å². The van der Waals surface area contributed by atoms with Crippen LogP contribution in [0.15, 0.2) is 0 Å². The van der Waals surface area contributed by atoms with Gasteiger partial charge < -0.3 is 15.2 Å². The van der Waals surface area contributed by atoms with Crippen LogP contribution in [0.2, 0.25) is 0 Å². The second-order valence-electron chi connectivity index (χ2n) is 3.23. The number of hydrogen-bond acceptors (Lipinski definition) is 3. The van der Waals surface area contributed by atoms with E-state index in [1.807, 2.05) is 0 Å². The smallest absolute Gasteiger partial charge is 0.0700 e. The highest BCUT2D eigenvalue weighted by Crippen LogP contribution is 2.11. The maximum absolute atomic E-state index is 9.00. The van der Waals surface area contributed by atoms with E-state index in [2.05, 4.69) is 12.2 Å². The first-order valence-electron chi connectivity index (χ1n) is 4.23. The van der Waals surface area contributed by atoms with Crippen molar-refractivity contribution in [3.05, 3.63) is 0 Å². The molecule has 0 aromatic heterocycles. The van der Waals surface area contributed by atoms with Crippen LogP contribution in [0, 0.1) is 0 Å². The van der Waals surface area contributed by atoms with Crippen LogP contribution in [-0.4, -0.2) is 36.5 Å². The van der Waals surface area contributed by atoms with E-state index in [0.29, 0.717) is 18.7 Å². The van der Waals surface area contributed by atoms with Gasteiger partial charge in [-0.05, 0) is 20.3 Å². The lowest BCUT2D eigenvalue weighted by Gasteiger charge is -2.16. The summed E-state index contributed by atoms with van der Waals surface area (Å²) in [6.45, 7) is 5.36. The van der Waals surface area contributed by atoms with Crippen molar-refractivity contribution in [1.29, 1.82) is 0 Å². The van der Waals surface area contributed by atoms with Crippen LogP contribution in [0.5, 0.6) is 0 Å². The highest BCUT2D eigenvalue weighted by atomic mass is 16.5. The fourth-order valence-corrected chi connectivity index (χ4v) is 1.32. The van der Waals surface area contributed by atoms with Crippen molar-refractivity contribution in [2.45, 2.75) is 38.5 Å². The number of rotatable bonds is 3. The standard InChI is InChI=1S/C8H17NO2/c1-6(10)5-9-8-3-4-11-7(8)2/h6-10H,3-5H2,1-2H3/t6-,7?,8?/m1/s1. The van der Waals surface area contributed by atoms with E-state index < -0.39 is 0 Å². The van der Waals surface area contributed by atoms with E-state index in [1.165, 1.54) is 0 Å². The molecule has 3 heteroatoms. The van der Waals surface area contributed by atoms with Crippen LogP contribution in [0.25, 0.3) is 0 Å². The Kier molecular flexibility index (Phi) is 3.30. The molecule has 0 saturated carbocycles. The first-order valence-corrected chi connectivity index (χ1v) is 4.23. The molecule has 3 nitrogen and oxygen atoms in total. The second kappa shape index (κ2) is 4.04. The largest absolute Gasteiger partial charge is 0.392 e. The zero-order chi connectivity index (χ0) is 8.27. The Morgan fingerprint density at radius 1 is 1.73 bits per heavy atom. The molecular weight excluding hydrogens is 142 g/mol. The number of aliphatic hydroxyl groups is 1. The molecule has 2 unspecified atom stereocenters. The van der Waals surface area contributed by atoms with Crippen LogP contribution in [0.4, 0.5) is 0 Å². The molecule has 11 heavy (non-hydrogen) atoms. The van der Waals surface area contributed by atoms with Gasteiger partial charge in [-0.15, -0.1) is 0 Å². The Balaban J connectivity index is 2.15. The molecule has 0 amide bonds. The fourth-order valence-electron chi connectivity index (χ4n) is 1.32. The molecule has 1 saturated heterocycles. The zero-order valence-electron chi connectivity index (χ0n) is 7.21. The van der Waals surface area contributed by atoms with Crippen LogP contribution >= 0.6 is 0 Å². The van der Waals surface area contributed by atoms with Crippen molar-refractivity contribution >= 4 is 0 Å². The predicted octanol–water partition coefficient (Wildman–Crippen LogP) is 0.134. The number of nitrogens with one attached hydrogen (secondary N) is 1. The zero-order valence-corrected chi connectivity index (χ0v) is 7.21. The topological polar surface area (TPSA) is 41.5 Å². The molecule has 1 aliphatic heterocycles. The Morgan fingerprint density at radius 3 is 2.91 bits per heavy atom. The molecule has 0 bridgehead atoms. The van der Waals surface area contributed by atoms with Gasteiger partial charge in [0.05, 0.1) is 12.2 Å². The Labute approximate surface area is 67.7 Å². The summed E-state index contributed by atoms with van der Waals surface area (Å²) in [5.74, 6) is 0. The third-order valence-electron chi connectivity index (χ3n) is 2.05. The molecule has 0 aliphatic carbocycles. The molecular formula is C8H17NO2. The lowest BCUT2D eigenvalue weighted by atomic mass is 10.1. The number of ether oxygens (including phenoxy) is 1. The SMILES string of the molecule is CC1OCCC1NC[C@@H](C)O. The van der Waals surface area contributed by atoms with Gasteiger partial charge in [-0.1, -0.05) is 0 Å². The van der Waals surface area contributed by atoms with Crippen molar-refractivity contribution in [2.24, 2.45) is 0 Å². The van der Waals surface area contributed by atoms with E-state index in [9.17, 15) is 0 Å². The van der Waals surface area contributed by atoms with Crippen LogP contribution in [0.1, 0.15) is 20.3 Å². The van der Waals surface area contributed by atoms with Gasteiger partial charge in [-0.2, -0.15) is 0 Å². The number of aliphatic hydroxyl groups excluding tert-OH is 1. The minimum atomic E-state index is -0.261. The third kappa shape index (κ3) is 2.77. The van der Waals surface area contributed by atoms with Crippen molar-refractivity contribution in [3.8, 4) is 0 Å². The Hall–Kier alpha value is -0.120. The maximum Gasteiger partial charge on any atom is 0.0700 e. The first-order chi connectivity index (χ1) is 5.20. The summed E-state index contributed by atoms with van der Waals surface area (Å²) in [7, 11) is 0. The summed E-state index contributed by atoms with van der Waals surface area (Å²) in [4.78, 5) is 0. The van der Waals surface area contributed by atoms with Gasteiger partial charge in [0, 0.05) is 19.2 Å². The average Bonchev–Trinajstić information content (AvgIpc) is 2.31. The molecule has 66 valence electrons. The lowest BCUT2D eigenvalue weighted by Crippen LogP contribution is -2.38. The van der Waals surface area contributed by atoms with Crippen molar-refractivity contribution in [2.75, 3.05) is 13.2 Å². The van der Waals surface area contributed by atoms with E-state index in [4.69, 9.17) is 9.84 Å². The molecule has 2 N–H and O–H groups in total. The van der Waals surface area contributed by atoms with Gasteiger partial charge in [0.2, 0.25) is 0 Å². The fraction of sp³-hybridized carbons (Fsp3) is 1.00. The summed E-state index contributed by atoms with van der Waals surface area (Å²) < 4.78 is 5.35. The molecule has 0 aromatic rings.